The normalized spacial score (nSPS) is 20.8. The Morgan fingerprint density at radius 2 is 1.56 bits per heavy atom. The van der Waals surface area contributed by atoms with E-state index < -0.39 is 15.9 Å². The number of ether oxygens (including phenoxy) is 1. The van der Waals surface area contributed by atoms with Gasteiger partial charge in [-0.05, 0) is 30.7 Å². The fraction of sp³-hybridized carbons (Fsp3) is 0.200. The Bertz CT molecular complexity index is 1010. The van der Waals surface area contributed by atoms with Gasteiger partial charge in [-0.2, -0.15) is 0 Å². The quantitative estimate of drug-likeness (QED) is 0.759. The SMILES string of the molecule is O=C1c2ccccc2C(=O)N1CC1CC/C(=C\S(=O)(=O)c2ccccc2)O1. The first-order valence-electron chi connectivity index (χ1n) is 8.58. The van der Waals surface area contributed by atoms with Crippen LogP contribution in [0, 0.1) is 0 Å². The highest BCUT2D eigenvalue weighted by Crippen LogP contribution is 2.29. The highest BCUT2D eigenvalue weighted by Gasteiger charge is 2.38. The summed E-state index contributed by atoms with van der Waals surface area (Å²) >= 11 is 0. The van der Waals surface area contributed by atoms with Crippen LogP contribution in [0.25, 0.3) is 0 Å². The molecule has 1 atom stereocenters. The lowest BCUT2D eigenvalue weighted by molar-refractivity contribution is 0.0543. The van der Waals surface area contributed by atoms with E-state index in [2.05, 4.69) is 0 Å². The molecule has 0 bridgehead atoms. The van der Waals surface area contributed by atoms with E-state index in [4.69, 9.17) is 4.74 Å². The van der Waals surface area contributed by atoms with E-state index in [9.17, 15) is 18.0 Å². The van der Waals surface area contributed by atoms with Crippen molar-refractivity contribution in [3.63, 3.8) is 0 Å². The van der Waals surface area contributed by atoms with Crippen LogP contribution < -0.4 is 0 Å². The second-order valence-electron chi connectivity index (χ2n) is 6.49. The van der Waals surface area contributed by atoms with Crippen molar-refractivity contribution in [3.8, 4) is 0 Å². The van der Waals surface area contributed by atoms with Crippen LogP contribution in [0.3, 0.4) is 0 Å². The minimum Gasteiger partial charge on any atom is -0.492 e. The predicted molar refractivity (Wildman–Crippen MR) is 97.6 cm³/mol. The number of amides is 2. The highest BCUT2D eigenvalue weighted by molar-refractivity contribution is 7.94. The Balaban J connectivity index is 1.47. The lowest BCUT2D eigenvalue weighted by Gasteiger charge is -2.18. The van der Waals surface area contributed by atoms with Crippen LogP contribution in [-0.2, 0) is 14.6 Å². The molecule has 0 aliphatic carbocycles. The zero-order valence-corrected chi connectivity index (χ0v) is 15.2. The Morgan fingerprint density at radius 3 is 2.19 bits per heavy atom. The van der Waals surface area contributed by atoms with Gasteiger partial charge in [-0.25, -0.2) is 8.42 Å². The molecule has 0 radical (unpaired) electrons. The van der Waals surface area contributed by atoms with Gasteiger partial charge in [-0.15, -0.1) is 0 Å². The second kappa shape index (κ2) is 6.66. The number of hydrogen-bond acceptors (Lipinski definition) is 5. The van der Waals surface area contributed by atoms with E-state index >= 15 is 0 Å². The van der Waals surface area contributed by atoms with Gasteiger partial charge in [0.2, 0.25) is 9.84 Å². The molecule has 27 heavy (non-hydrogen) atoms. The third-order valence-corrected chi connectivity index (χ3v) is 6.16. The highest BCUT2D eigenvalue weighted by atomic mass is 32.2. The number of fused-ring (bicyclic) bond motifs is 1. The summed E-state index contributed by atoms with van der Waals surface area (Å²) in [5.74, 6) is -0.331. The summed E-state index contributed by atoms with van der Waals surface area (Å²) in [5, 5.41) is 1.13. The van der Waals surface area contributed by atoms with Gasteiger partial charge in [0.15, 0.2) is 0 Å². The summed E-state index contributed by atoms with van der Waals surface area (Å²) in [4.78, 5) is 26.2. The summed E-state index contributed by atoms with van der Waals surface area (Å²) < 4.78 is 30.5. The number of sulfone groups is 1. The van der Waals surface area contributed by atoms with E-state index in [1.165, 1.54) is 17.0 Å². The van der Waals surface area contributed by atoms with Gasteiger partial charge >= 0.3 is 0 Å². The van der Waals surface area contributed by atoms with E-state index in [0.717, 1.165) is 5.41 Å². The van der Waals surface area contributed by atoms with Crippen LogP contribution in [0.15, 0.2) is 70.7 Å². The number of carbonyl (C=O) groups is 2. The number of allylic oxidation sites excluding steroid dienone is 1. The van der Waals surface area contributed by atoms with Gasteiger partial charge < -0.3 is 4.74 Å². The predicted octanol–water partition coefficient (Wildman–Crippen LogP) is 2.78. The third kappa shape index (κ3) is 3.26. The molecule has 2 amide bonds. The molecule has 1 fully saturated rings. The standard InChI is InChI=1S/C20H17NO5S/c22-19-17-8-4-5-9-18(17)20(23)21(19)12-14-10-11-15(26-14)13-27(24,25)16-6-2-1-3-7-16/h1-9,13-14H,10-12H2/b15-13+. The molecule has 0 spiro atoms. The molecule has 1 unspecified atom stereocenters. The summed E-state index contributed by atoms with van der Waals surface area (Å²) in [7, 11) is -3.59. The van der Waals surface area contributed by atoms with Crippen molar-refractivity contribution in [2.24, 2.45) is 0 Å². The van der Waals surface area contributed by atoms with Gasteiger partial charge in [-0.1, -0.05) is 30.3 Å². The minimum atomic E-state index is -3.59. The first kappa shape index (κ1) is 17.5. The van der Waals surface area contributed by atoms with Crippen molar-refractivity contribution in [3.05, 3.63) is 76.9 Å². The molecule has 0 aromatic heterocycles. The van der Waals surface area contributed by atoms with Crippen LogP contribution >= 0.6 is 0 Å². The molecule has 0 N–H and O–H groups in total. The van der Waals surface area contributed by atoms with Crippen molar-refractivity contribution < 1.29 is 22.7 Å². The number of benzene rings is 2. The monoisotopic (exact) mass is 383 g/mol. The van der Waals surface area contributed by atoms with Gasteiger partial charge in [-0.3, -0.25) is 14.5 Å². The molecule has 2 aromatic rings. The topological polar surface area (TPSA) is 80.8 Å². The van der Waals surface area contributed by atoms with E-state index in [1.807, 2.05) is 0 Å². The number of nitrogens with zero attached hydrogens (tertiary/aromatic N) is 1. The number of hydrogen-bond donors (Lipinski definition) is 0. The lowest BCUT2D eigenvalue weighted by Crippen LogP contribution is -2.36. The molecule has 2 heterocycles. The van der Waals surface area contributed by atoms with Crippen LogP contribution in [-0.4, -0.2) is 37.8 Å². The van der Waals surface area contributed by atoms with Crippen molar-refractivity contribution in [2.45, 2.75) is 23.8 Å². The van der Waals surface area contributed by atoms with Crippen molar-refractivity contribution in [2.75, 3.05) is 6.54 Å². The molecule has 2 aliphatic heterocycles. The first-order valence-corrected chi connectivity index (χ1v) is 10.1. The van der Waals surface area contributed by atoms with E-state index in [0.29, 0.717) is 29.7 Å². The van der Waals surface area contributed by atoms with Crippen molar-refractivity contribution >= 4 is 21.7 Å². The van der Waals surface area contributed by atoms with Crippen LogP contribution in [0.5, 0.6) is 0 Å². The maximum absolute atomic E-state index is 12.4. The Hall–Kier alpha value is -2.93. The number of imide groups is 1. The first-order chi connectivity index (χ1) is 13.0. The summed E-state index contributed by atoms with van der Waals surface area (Å²) in [6.45, 7) is 0.106. The Morgan fingerprint density at radius 1 is 0.963 bits per heavy atom. The molecule has 7 heteroatoms. The van der Waals surface area contributed by atoms with Crippen LogP contribution in [0.4, 0.5) is 0 Å². The molecule has 1 saturated heterocycles. The summed E-state index contributed by atoms with van der Waals surface area (Å²) in [5.41, 5.74) is 0.783. The number of carbonyl (C=O) groups excluding carboxylic acids is 2. The summed E-state index contributed by atoms with van der Waals surface area (Å²) in [6.07, 6.45) is 0.577. The summed E-state index contributed by atoms with van der Waals surface area (Å²) in [6, 6.07) is 14.8. The van der Waals surface area contributed by atoms with Crippen molar-refractivity contribution in [1.29, 1.82) is 0 Å². The Labute approximate surface area is 157 Å². The van der Waals surface area contributed by atoms with Gasteiger partial charge in [0.25, 0.3) is 11.8 Å². The average Bonchev–Trinajstić information content (AvgIpc) is 3.21. The smallest absolute Gasteiger partial charge is 0.261 e. The molecular weight excluding hydrogens is 366 g/mol. The molecule has 6 nitrogen and oxygen atoms in total. The third-order valence-electron chi connectivity index (χ3n) is 4.65. The Kier molecular flexibility index (Phi) is 4.31. The fourth-order valence-electron chi connectivity index (χ4n) is 3.31. The van der Waals surface area contributed by atoms with Gasteiger partial charge in [0.05, 0.1) is 28.0 Å². The zero-order valence-electron chi connectivity index (χ0n) is 14.4. The molecule has 138 valence electrons. The van der Waals surface area contributed by atoms with Gasteiger partial charge in [0, 0.05) is 6.42 Å². The number of rotatable bonds is 4. The molecule has 0 saturated carbocycles. The minimum absolute atomic E-state index is 0.106. The average molecular weight is 383 g/mol. The maximum atomic E-state index is 12.4. The van der Waals surface area contributed by atoms with E-state index in [-0.39, 0.29) is 23.3 Å². The van der Waals surface area contributed by atoms with Crippen molar-refractivity contribution in [1.82, 2.24) is 4.90 Å². The lowest BCUT2D eigenvalue weighted by atomic mass is 10.1. The fourth-order valence-corrected chi connectivity index (χ4v) is 4.50. The van der Waals surface area contributed by atoms with Gasteiger partial charge in [0.1, 0.15) is 11.9 Å². The largest absolute Gasteiger partial charge is 0.492 e. The zero-order chi connectivity index (χ0) is 19.0. The molecule has 2 aliphatic rings. The second-order valence-corrected chi connectivity index (χ2v) is 8.28. The van der Waals surface area contributed by atoms with Crippen LogP contribution in [0.2, 0.25) is 0 Å². The molecule has 2 aromatic carbocycles. The maximum Gasteiger partial charge on any atom is 0.261 e. The molecule has 4 rings (SSSR count). The molecular formula is C20H17NO5S. The van der Waals surface area contributed by atoms with Crippen LogP contribution in [0.1, 0.15) is 33.6 Å². The van der Waals surface area contributed by atoms with E-state index in [1.54, 1.807) is 42.5 Å².